The zero-order chi connectivity index (χ0) is 17.8. The molecule has 0 aromatic heterocycles. The van der Waals surface area contributed by atoms with Gasteiger partial charge < -0.3 is 19.1 Å². The Balaban J connectivity index is 1.30. The Hall–Kier alpha value is -2.36. The normalized spacial score (nSPS) is 16.7. The molecule has 0 bridgehead atoms. The maximum Gasteiger partial charge on any atom is 0.231 e. The highest BCUT2D eigenvalue weighted by Gasteiger charge is 2.21. The third-order valence-electron chi connectivity index (χ3n) is 5.40. The molecular formula is C22H27NO3. The molecule has 1 saturated heterocycles. The Kier molecular flexibility index (Phi) is 5.19. The Morgan fingerprint density at radius 2 is 1.85 bits per heavy atom. The molecule has 4 rings (SSSR count). The van der Waals surface area contributed by atoms with Crippen molar-refractivity contribution in [1.82, 2.24) is 0 Å². The number of hydrogen-bond acceptors (Lipinski definition) is 4. The number of hydrogen-bond donors (Lipinski definition) is 0. The van der Waals surface area contributed by atoms with Crippen molar-refractivity contribution in [2.75, 3.05) is 31.4 Å². The summed E-state index contributed by atoms with van der Waals surface area (Å²) in [4.78, 5) is 2.47. The molecule has 4 heteroatoms. The summed E-state index contributed by atoms with van der Waals surface area (Å²) in [7, 11) is 0. The van der Waals surface area contributed by atoms with Gasteiger partial charge in [-0.25, -0.2) is 0 Å². The fourth-order valence-corrected chi connectivity index (χ4v) is 3.93. The first-order valence-electron chi connectivity index (χ1n) is 9.69. The van der Waals surface area contributed by atoms with Gasteiger partial charge in [-0.3, -0.25) is 0 Å². The van der Waals surface area contributed by atoms with Crippen LogP contribution >= 0.6 is 0 Å². The van der Waals surface area contributed by atoms with E-state index in [-0.39, 0.29) is 0 Å². The third-order valence-corrected chi connectivity index (χ3v) is 5.40. The number of nitrogens with zero attached hydrogens (tertiary/aromatic N) is 1. The summed E-state index contributed by atoms with van der Waals surface area (Å²) in [6.07, 6.45) is 4.83. The molecule has 0 unspecified atom stereocenters. The SMILES string of the molecule is CCOc1ccccc1N1CCC(CCc2ccc3c(c2)OCO3)CC1. The van der Waals surface area contributed by atoms with Crippen molar-refractivity contribution in [3.63, 3.8) is 0 Å². The van der Waals surface area contributed by atoms with Crippen LogP contribution < -0.4 is 19.1 Å². The van der Waals surface area contributed by atoms with E-state index >= 15 is 0 Å². The topological polar surface area (TPSA) is 30.9 Å². The monoisotopic (exact) mass is 353 g/mol. The van der Waals surface area contributed by atoms with Gasteiger partial charge >= 0.3 is 0 Å². The van der Waals surface area contributed by atoms with Gasteiger partial charge in [-0.2, -0.15) is 0 Å². The van der Waals surface area contributed by atoms with Crippen molar-refractivity contribution in [2.24, 2.45) is 5.92 Å². The molecule has 0 amide bonds. The Labute approximate surface area is 155 Å². The minimum absolute atomic E-state index is 0.348. The van der Waals surface area contributed by atoms with Crippen LogP contribution in [0.4, 0.5) is 5.69 Å². The van der Waals surface area contributed by atoms with Crippen molar-refractivity contribution in [3.05, 3.63) is 48.0 Å². The van der Waals surface area contributed by atoms with E-state index in [1.54, 1.807) is 0 Å². The quantitative estimate of drug-likeness (QED) is 0.755. The van der Waals surface area contributed by atoms with Crippen molar-refractivity contribution >= 4 is 5.69 Å². The zero-order valence-corrected chi connectivity index (χ0v) is 15.4. The number of benzene rings is 2. The third kappa shape index (κ3) is 3.74. The Morgan fingerprint density at radius 1 is 1.04 bits per heavy atom. The van der Waals surface area contributed by atoms with E-state index < -0.39 is 0 Å². The molecular weight excluding hydrogens is 326 g/mol. The molecule has 0 N–H and O–H groups in total. The number of rotatable bonds is 6. The largest absolute Gasteiger partial charge is 0.492 e. The average Bonchev–Trinajstić information content (AvgIpc) is 3.15. The molecule has 0 saturated carbocycles. The van der Waals surface area contributed by atoms with Crippen molar-refractivity contribution in [1.29, 1.82) is 0 Å². The lowest BCUT2D eigenvalue weighted by Gasteiger charge is -2.34. The fourth-order valence-electron chi connectivity index (χ4n) is 3.93. The molecule has 0 aliphatic carbocycles. The van der Waals surface area contributed by atoms with Crippen LogP contribution in [0.3, 0.4) is 0 Å². The molecule has 138 valence electrons. The van der Waals surface area contributed by atoms with Gasteiger partial charge in [0.15, 0.2) is 11.5 Å². The highest BCUT2D eigenvalue weighted by molar-refractivity contribution is 5.58. The van der Waals surface area contributed by atoms with Crippen LogP contribution in [-0.2, 0) is 6.42 Å². The standard InChI is InChI=1S/C22H27NO3/c1-2-24-20-6-4-3-5-19(20)23-13-11-17(12-14-23)7-8-18-9-10-21-22(15-18)26-16-25-21/h3-6,9-10,15,17H,2,7-8,11-14,16H2,1H3. The molecule has 2 aliphatic rings. The van der Waals surface area contributed by atoms with E-state index in [9.17, 15) is 0 Å². The first-order chi connectivity index (χ1) is 12.8. The zero-order valence-electron chi connectivity index (χ0n) is 15.4. The summed E-state index contributed by atoms with van der Waals surface area (Å²) in [5, 5.41) is 0. The summed E-state index contributed by atoms with van der Waals surface area (Å²) in [6, 6.07) is 14.7. The second kappa shape index (κ2) is 7.90. The Morgan fingerprint density at radius 3 is 2.69 bits per heavy atom. The molecule has 2 aromatic carbocycles. The van der Waals surface area contributed by atoms with Crippen LogP contribution in [0.1, 0.15) is 31.7 Å². The van der Waals surface area contributed by atoms with Crippen LogP contribution in [0.5, 0.6) is 17.2 Å². The van der Waals surface area contributed by atoms with Gasteiger partial charge in [0.25, 0.3) is 0 Å². The smallest absolute Gasteiger partial charge is 0.231 e. The predicted octanol–water partition coefficient (Wildman–Crippen LogP) is 4.66. The van der Waals surface area contributed by atoms with E-state index in [1.165, 1.54) is 30.5 Å². The van der Waals surface area contributed by atoms with E-state index in [2.05, 4.69) is 35.2 Å². The molecule has 4 nitrogen and oxygen atoms in total. The van der Waals surface area contributed by atoms with Crippen LogP contribution in [0.25, 0.3) is 0 Å². The molecule has 26 heavy (non-hydrogen) atoms. The van der Waals surface area contributed by atoms with Crippen LogP contribution in [0.15, 0.2) is 42.5 Å². The maximum absolute atomic E-state index is 5.80. The molecule has 0 atom stereocenters. The van der Waals surface area contributed by atoms with Crippen LogP contribution in [-0.4, -0.2) is 26.5 Å². The molecule has 2 aromatic rings. The van der Waals surface area contributed by atoms with E-state index in [4.69, 9.17) is 14.2 Å². The number of anilines is 1. The maximum atomic E-state index is 5.80. The summed E-state index contributed by atoms with van der Waals surface area (Å²) in [5.74, 6) is 3.56. The number of fused-ring (bicyclic) bond motifs is 1. The highest BCUT2D eigenvalue weighted by atomic mass is 16.7. The number of para-hydroxylation sites is 2. The van der Waals surface area contributed by atoms with Crippen LogP contribution in [0.2, 0.25) is 0 Å². The first-order valence-corrected chi connectivity index (χ1v) is 9.69. The van der Waals surface area contributed by atoms with Crippen molar-refractivity contribution < 1.29 is 14.2 Å². The summed E-state index contributed by atoms with van der Waals surface area (Å²) in [6.45, 7) is 5.31. The second-order valence-electron chi connectivity index (χ2n) is 7.06. The summed E-state index contributed by atoms with van der Waals surface area (Å²) < 4.78 is 16.7. The number of aryl methyl sites for hydroxylation is 1. The van der Waals surface area contributed by atoms with Gasteiger partial charge in [-0.05, 0) is 68.4 Å². The van der Waals surface area contributed by atoms with E-state index in [0.717, 1.165) is 42.7 Å². The molecule has 2 aliphatic heterocycles. The lowest BCUT2D eigenvalue weighted by atomic mass is 9.90. The molecule has 0 radical (unpaired) electrons. The first kappa shape index (κ1) is 17.1. The van der Waals surface area contributed by atoms with Gasteiger partial charge in [0, 0.05) is 13.1 Å². The molecule has 2 heterocycles. The second-order valence-corrected chi connectivity index (χ2v) is 7.06. The molecule has 1 fully saturated rings. The lowest BCUT2D eigenvalue weighted by Crippen LogP contribution is -2.34. The van der Waals surface area contributed by atoms with Gasteiger partial charge in [0.05, 0.1) is 12.3 Å². The van der Waals surface area contributed by atoms with Crippen LogP contribution in [0, 0.1) is 5.92 Å². The summed E-state index contributed by atoms with van der Waals surface area (Å²) in [5.41, 5.74) is 2.59. The Bertz CT molecular complexity index is 738. The lowest BCUT2D eigenvalue weighted by molar-refractivity contribution is 0.174. The predicted molar refractivity (Wildman–Crippen MR) is 103 cm³/mol. The number of ether oxygens (including phenoxy) is 3. The van der Waals surface area contributed by atoms with Gasteiger partial charge in [0.1, 0.15) is 5.75 Å². The minimum atomic E-state index is 0.348. The van der Waals surface area contributed by atoms with E-state index in [0.29, 0.717) is 13.4 Å². The summed E-state index contributed by atoms with van der Waals surface area (Å²) >= 11 is 0. The van der Waals surface area contributed by atoms with Gasteiger partial charge in [-0.15, -0.1) is 0 Å². The van der Waals surface area contributed by atoms with Gasteiger partial charge in [-0.1, -0.05) is 18.2 Å². The average molecular weight is 353 g/mol. The van der Waals surface area contributed by atoms with Crippen molar-refractivity contribution in [2.45, 2.75) is 32.6 Å². The van der Waals surface area contributed by atoms with E-state index in [1.807, 2.05) is 19.1 Å². The fraction of sp³-hybridized carbons (Fsp3) is 0.455. The number of piperidine rings is 1. The van der Waals surface area contributed by atoms with Crippen molar-refractivity contribution in [3.8, 4) is 17.2 Å². The highest BCUT2D eigenvalue weighted by Crippen LogP contribution is 2.35. The minimum Gasteiger partial charge on any atom is -0.492 e. The van der Waals surface area contributed by atoms with Gasteiger partial charge in [0.2, 0.25) is 6.79 Å². The molecule has 0 spiro atoms.